The van der Waals surface area contributed by atoms with E-state index in [9.17, 15) is 36.3 Å². The fourth-order valence-electron chi connectivity index (χ4n) is 3.88. The Balaban J connectivity index is 1.97. The van der Waals surface area contributed by atoms with E-state index < -0.39 is 53.4 Å². The second kappa shape index (κ2) is 12.8. The number of methoxy groups -OCH3 is 1. The number of hydrogen-bond acceptors (Lipinski definition) is 8. The summed E-state index contributed by atoms with van der Waals surface area (Å²) in [6.45, 7) is 4.26. The average Bonchev–Trinajstić information content (AvgIpc) is 3.56. The molecular formula is C25H32F3N5O6S2. The molecule has 2 unspecified atom stereocenters. The molecule has 41 heavy (non-hydrogen) atoms. The SMILES string of the molecule is COC(=O)NCC(=O)NC(c1ccc(C(CO)N(CCC(C)(C)C)S(=O)(=O)c2ccc3cn[nH]c3c2)s1)C(F)(F)F. The number of fused-ring (bicyclic) bond motifs is 1. The lowest BCUT2D eigenvalue weighted by Crippen LogP contribution is -2.43. The number of alkyl halides is 3. The van der Waals surface area contributed by atoms with Crippen molar-refractivity contribution in [2.75, 3.05) is 26.8 Å². The first-order valence-corrected chi connectivity index (χ1v) is 14.7. The van der Waals surface area contributed by atoms with Crippen molar-refractivity contribution >= 4 is 44.3 Å². The summed E-state index contributed by atoms with van der Waals surface area (Å²) in [5, 5.41) is 21.5. The molecule has 0 saturated carbocycles. The molecule has 11 nitrogen and oxygen atoms in total. The lowest BCUT2D eigenvalue weighted by atomic mass is 9.92. The molecule has 16 heteroatoms. The Hall–Kier alpha value is -3.21. The molecule has 2 aromatic heterocycles. The number of nitrogens with one attached hydrogen (secondary N) is 3. The maximum atomic E-state index is 14.0. The number of aromatic amines is 1. The summed E-state index contributed by atoms with van der Waals surface area (Å²) in [5.74, 6) is -1.12. The number of aliphatic hydroxyl groups is 1. The van der Waals surface area contributed by atoms with E-state index >= 15 is 0 Å². The van der Waals surface area contributed by atoms with Gasteiger partial charge in [-0.15, -0.1) is 11.3 Å². The maximum absolute atomic E-state index is 14.0. The Bertz CT molecular complexity index is 1470. The van der Waals surface area contributed by atoms with Crippen LogP contribution in [0.5, 0.6) is 0 Å². The van der Waals surface area contributed by atoms with E-state index in [1.165, 1.54) is 24.4 Å². The Morgan fingerprint density at radius 3 is 2.46 bits per heavy atom. The van der Waals surface area contributed by atoms with Gasteiger partial charge in [-0.2, -0.15) is 22.6 Å². The minimum atomic E-state index is -4.91. The van der Waals surface area contributed by atoms with Gasteiger partial charge in [0.15, 0.2) is 6.04 Å². The van der Waals surface area contributed by atoms with Gasteiger partial charge in [-0.05, 0) is 42.2 Å². The summed E-state index contributed by atoms with van der Waals surface area (Å²) in [4.78, 5) is 23.1. The van der Waals surface area contributed by atoms with Gasteiger partial charge in [0, 0.05) is 21.7 Å². The Kier molecular flexibility index (Phi) is 10.0. The Labute approximate surface area is 239 Å². The first kappa shape index (κ1) is 32.3. The summed E-state index contributed by atoms with van der Waals surface area (Å²) < 4.78 is 75.1. The number of H-pyrrole nitrogens is 1. The number of alkyl carbamates (subject to hydrolysis) is 1. The van der Waals surface area contributed by atoms with Gasteiger partial charge < -0.3 is 20.5 Å². The predicted octanol–water partition coefficient (Wildman–Crippen LogP) is 3.86. The van der Waals surface area contributed by atoms with Gasteiger partial charge in [0.1, 0.15) is 6.54 Å². The zero-order chi connectivity index (χ0) is 30.6. The number of nitrogens with zero attached hydrogens (tertiary/aromatic N) is 2. The van der Waals surface area contributed by atoms with Crippen LogP contribution in [0.2, 0.25) is 0 Å². The van der Waals surface area contributed by atoms with E-state index in [-0.39, 0.29) is 26.6 Å². The number of halogens is 3. The van der Waals surface area contributed by atoms with Gasteiger partial charge in [-0.1, -0.05) is 20.8 Å². The normalized spacial score (nSPS) is 14.2. The third-order valence-electron chi connectivity index (χ3n) is 6.09. The highest BCUT2D eigenvalue weighted by Gasteiger charge is 2.43. The van der Waals surface area contributed by atoms with Crippen LogP contribution < -0.4 is 10.6 Å². The number of benzene rings is 1. The van der Waals surface area contributed by atoms with Gasteiger partial charge in [-0.25, -0.2) is 13.2 Å². The second-order valence-electron chi connectivity index (χ2n) is 10.4. The molecule has 3 aromatic rings. The number of amides is 2. The van der Waals surface area contributed by atoms with Crippen LogP contribution >= 0.6 is 11.3 Å². The average molecular weight is 620 g/mol. The van der Waals surface area contributed by atoms with Crippen LogP contribution in [0.1, 0.15) is 49.0 Å². The number of hydrogen-bond donors (Lipinski definition) is 4. The molecule has 3 rings (SSSR count). The molecule has 0 aliphatic heterocycles. The third kappa shape index (κ3) is 8.18. The smallest absolute Gasteiger partial charge is 0.413 e. The zero-order valence-corrected chi connectivity index (χ0v) is 24.4. The maximum Gasteiger partial charge on any atom is 0.413 e. The monoisotopic (exact) mass is 619 g/mol. The quantitative estimate of drug-likeness (QED) is 0.254. The first-order chi connectivity index (χ1) is 19.1. The summed E-state index contributed by atoms with van der Waals surface area (Å²) in [6.07, 6.45) is -3.97. The lowest BCUT2D eigenvalue weighted by molar-refractivity contribution is -0.162. The molecule has 4 N–H and O–H groups in total. The molecule has 0 aliphatic carbocycles. The summed E-state index contributed by atoms with van der Waals surface area (Å²) in [6, 6.07) is 3.18. The van der Waals surface area contributed by atoms with Crippen LogP contribution in [0.15, 0.2) is 41.4 Å². The molecule has 2 amide bonds. The third-order valence-corrected chi connectivity index (χ3v) is 9.25. The summed E-state index contributed by atoms with van der Waals surface area (Å²) >= 11 is 0.619. The van der Waals surface area contributed by atoms with Crippen molar-refractivity contribution in [2.24, 2.45) is 5.41 Å². The van der Waals surface area contributed by atoms with Crippen LogP contribution in [-0.4, -0.2) is 73.0 Å². The molecule has 0 radical (unpaired) electrons. The van der Waals surface area contributed by atoms with Crippen LogP contribution in [0.3, 0.4) is 0 Å². The summed E-state index contributed by atoms with van der Waals surface area (Å²) in [7, 11) is -3.20. The van der Waals surface area contributed by atoms with Crippen molar-refractivity contribution in [1.82, 2.24) is 25.1 Å². The Morgan fingerprint density at radius 1 is 1.17 bits per heavy atom. The second-order valence-corrected chi connectivity index (χ2v) is 13.4. The van der Waals surface area contributed by atoms with Crippen LogP contribution in [-0.2, 0) is 19.6 Å². The van der Waals surface area contributed by atoms with E-state index in [1.807, 2.05) is 31.4 Å². The number of aromatic nitrogens is 2. The van der Waals surface area contributed by atoms with E-state index in [0.29, 0.717) is 28.7 Å². The molecule has 0 bridgehead atoms. The molecule has 2 heterocycles. The predicted molar refractivity (Wildman–Crippen MR) is 146 cm³/mol. The molecular weight excluding hydrogens is 587 g/mol. The standard InChI is InChI=1S/C25H32F3N5O6S2/c1-24(2,3)9-10-33(41(37,38)16-6-5-15-12-30-32-17(15)11-16)18(14-34)19-7-8-20(40-19)22(25(26,27)28)31-21(35)13-29-23(36)39-4/h5-8,11-12,18,22,34H,9-10,13-14H2,1-4H3,(H,29,36)(H,30,32)(H,31,35). The van der Waals surface area contributed by atoms with Gasteiger partial charge in [0.25, 0.3) is 0 Å². The van der Waals surface area contributed by atoms with Gasteiger partial charge in [-0.3, -0.25) is 9.89 Å². The number of carbonyl (C=O) groups is 2. The zero-order valence-electron chi connectivity index (χ0n) is 22.8. The molecule has 0 spiro atoms. The highest BCUT2D eigenvalue weighted by molar-refractivity contribution is 7.89. The van der Waals surface area contributed by atoms with Crippen LogP contribution in [0.4, 0.5) is 18.0 Å². The number of aliphatic hydroxyl groups excluding tert-OH is 1. The summed E-state index contributed by atoms with van der Waals surface area (Å²) in [5.41, 5.74) is 0.178. The van der Waals surface area contributed by atoms with Gasteiger partial charge >= 0.3 is 12.3 Å². The van der Waals surface area contributed by atoms with Gasteiger partial charge in [0.05, 0.1) is 36.4 Å². The largest absolute Gasteiger partial charge is 0.453 e. The van der Waals surface area contributed by atoms with E-state index in [2.05, 4.69) is 14.9 Å². The van der Waals surface area contributed by atoms with Crippen LogP contribution in [0.25, 0.3) is 10.9 Å². The molecule has 0 saturated heterocycles. The highest BCUT2D eigenvalue weighted by atomic mass is 32.2. The van der Waals surface area contributed by atoms with E-state index in [4.69, 9.17) is 0 Å². The van der Waals surface area contributed by atoms with Crippen molar-refractivity contribution in [2.45, 2.75) is 50.3 Å². The fraction of sp³-hybridized carbons (Fsp3) is 0.480. The fourth-order valence-corrected chi connectivity index (χ4v) is 6.76. The van der Waals surface area contributed by atoms with Crippen molar-refractivity contribution in [1.29, 1.82) is 0 Å². The lowest BCUT2D eigenvalue weighted by Gasteiger charge is -2.31. The van der Waals surface area contributed by atoms with Crippen molar-refractivity contribution in [3.8, 4) is 0 Å². The van der Waals surface area contributed by atoms with Crippen LogP contribution in [0, 0.1) is 5.41 Å². The number of sulfonamides is 1. The van der Waals surface area contributed by atoms with Crippen molar-refractivity contribution < 1.29 is 41.0 Å². The molecule has 0 fully saturated rings. The molecule has 226 valence electrons. The van der Waals surface area contributed by atoms with E-state index in [1.54, 1.807) is 6.07 Å². The molecule has 0 aliphatic rings. The minimum absolute atomic E-state index is 0.0239. The first-order valence-electron chi connectivity index (χ1n) is 12.4. The highest BCUT2D eigenvalue weighted by Crippen LogP contribution is 2.40. The number of rotatable bonds is 11. The number of thiophene rings is 1. The Morgan fingerprint density at radius 2 is 1.85 bits per heavy atom. The molecule has 2 atom stereocenters. The number of ether oxygens (including phenoxy) is 1. The van der Waals surface area contributed by atoms with E-state index in [0.717, 1.165) is 17.5 Å². The minimum Gasteiger partial charge on any atom is -0.453 e. The molecule has 1 aromatic carbocycles. The van der Waals surface area contributed by atoms with Crippen molar-refractivity contribution in [3.05, 3.63) is 46.3 Å². The number of carbonyl (C=O) groups excluding carboxylic acids is 2. The van der Waals surface area contributed by atoms with Crippen molar-refractivity contribution in [3.63, 3.8) is 0 Å². The topological polar surface area (TPSA) is 154 Å². The van der Waals surface area contributed by atoms with Gasteiger partial charge in [0.2, 0.25) is 15.9 Å².